The van der Waals surface area contributed by atoms with Gasteiger partial charge in [0.05, 0.1) is 13.2 Å². The van der Waals surface area contributed by atoms with E-state index < -0.39 is 0 Å². The number of hydrogen-bond acceptors (Lipinski definition) is 5. The van der Waals surface area contributed by atoms with Crippen LogP contribution < -0.4 is 5.73 Å². The SMILES string of the molecule is NC(CCCCN(CCO)CCO)=NO. The van der Waals surface area contributed by atoms with Gasteiger partial charge in [-0.1, -0.05) is 5.16 Å². The maximum absolute atomic E-state index is 8.75. The third-order valence-electron chi connectivity index (χ3n) is 2.12. The number of nitrogens with two attached hydrogens (primary N) is 1. The second-order valence-electron chi connectivity index (χ2n) is 3.34. The van der Waals surface area contributed by atoms with Gasteiger partial charge in [-0.05, 0) is 19.4 Å². The molecule has 6 nitrogen and oxygen atoms in total. The van der Waals surface area contributed by atoms with Crippen LogP contribution in [0.3, 0.4) is 0 Å². The molecule has 0 bridgehead atoms. The molecule has 90 valence electrons. The highest BCUT2D eigenvalue weighted by Crippen LogP contribution is 1.98. The lowest BCUT2D eigenvalue weighted by Crippen LogP contribution is -2.31. The van der Waals surface area contributed by atoms with Gasteiger partial charge in [-0.3, -0.25) is 4.90 Å². The van der Waals surface area contributed by atoms with Crippen molar-refractivity contribution in [3.05, 3.63) is 0 Å². The molecule has 0 aliphatic heterocycles. The van der Waals surface area contributed by atoms with Crippen molar-refractivity contribution in [2.24, 2.45) is 10.9 Å². The highest BCUT2D eigenvalue weighted by Gasteiger charge is 2.03. The number of oxime groups is 1. The Labute approximate surface area is 90.0 Å². The minimum Gasteiger partial charge on any atom is -0.409 e. The van der Waals surface area contributed by atoms with Crippen molar-refractivity contribution in [2.75, 3.05) is 32.8 Å². The molecule has 15 heavy (non-hydrogen) atoms. The zero-order chi connectivity index (χ0) is 11.5. The van der Waals surface area contributed by atoms with E-state index in [0.29, 0.717) is 19.5 Å². The van der Waals surface area contributed by atoms with E-state index in [1.165, 1.54) is 0 Å². The Bertz CT molecular complexity index is 170. The van der Waals surface area contributed by atoms with Gasteiger partial charge in [-0.15, -0.1) is 0 Å². The van der Waals surface area contributed by atoms with E-state index in [-0.39, 0.29) is 19.0 Å². The van der Waals surface area contributed by atoms with Crippen LogP contribution in [0.25, 0.3) is 0 Å². The fourth-order valence-electron chi connectivity index (χ4n) is 1.31. The third kappa shape index (κ3) is 8.17. The van der Waals surface area contributed by atoms with Gasteiger partial charge in [0.1, 0.15) is 5.84 Å². The predicted molar refractivity (Wildman–Crippen MR) is 57.9 cm³/mol. The van der Waals surface area contributed by atoms with Crippen molar-refractivity contribution in [1.29, 1.82) is 0 Å². The van der Waals surface area contributed by atoms with Crippen LogP contribution in [0, 0.1) is 0 Å². The molecule has 0 aromatic carbocycles. The van der Waals surface area contributed by atoms with Crippen molar-refractivity contribution in [1.82, 2.24) is 4.90 Å². The molecule has 0 unspecified atom stereocenters. The second kappa shape index (κ2) is 9.70. The van der Waals surface area contributed by atoms with Crippen molar-refractivity contribution in [3.8, 4) is 0 Å². The summed E-state index contributed by atoms with van der Waals surface area (Å²) >= 11 is 0. The van der Waals surface area contributed by atoms with Gasteiger partial charge < -0.3 is 21.2 Å². The first-order valence-electron chi connectivity index (χ1n) is 5.15. The van der Waals surface area contributed by atoms with E-state index in [9.17, 15) is 0 Å². The molecule has 0 amide bonds. The van der Waals surface area contributed by atoms with Crippen LogP contribution in [-0.4, -0.2) is 59.0 Å². The zero-order valence-electron chi connectivity index (χ0n) is 8.97. The fourth-order valence-corrected chi connectivity index (χ4v) is 1.31. The molecule has 0 rings (SSSR count). The smallest absolute Gasteiger partial charge is 0.139 e. The summed E-state index contributed by atoms with van der Waals surface area (Å²) in [7, 11) is 0. The Morgan fingerprint density at radius 3 is 2.13 bits per heavy atom. The Morgan fingerprint density at radius 2 is 1.67 bits per heavy atom. The van der Waals surface area contributed by atoms with Gasteiger partial charge in [0.2, 0.25) is 0 Å². The van der Waals surface area contributed by atoms with Gasteiger partial charge in [0, 0.05) is 19.5 Å². The normalized spacial score (nSPS) is 12.3. The first-order chi connectivity index (χ1) is 7.24. The van der Waals surface area contributed by atoms with Gasteiger partial charge in [0.25, 0.3) is 0 Å². The Balaban J connectivity index is 3.52. The third-order valence-corrected chi connectivity index (χ3v) is 2.12. The number of aliphatic hydroxyl groups excluding tert-OH is 2. The lowest BCUT2D eigenvalue weighted by Gasteiger charge is -2.19. The van der Waals surface area contributed by atoms with E-state index in [1.54, 1.807) is 0 Å². The summed E-state index contributed by atoms with van der Waals surface area (Å²) in [5.41, 5.74) is 5.31. The number of amidine groups is 1. The molecule has 0 heterocycles. The molecular weight excluding hydrogens is 198 g/mol. The summed E-state index contributed by atoms with van der Waals surface area (Å²) in [6.45, 7) is 2.15. The molecule has 0 spiro atoms. The standard InChI is InChI=1S/C9H21N3O3/c10-9(11-15)3-1-2-4-12(5-7-13)6-8-14/h13-15H,1-8H2,(H2,10,11). The van der Waals surface area contributed by atoms with Crippen LogP contribution in [0.5, 0.6) is 0 Å². The molecule has 5 N–H and O–H groups in total. The van der Waals surface area contributed by atoms with Crippen LogP contribution in [0.4, 0.5) is 0 Å². The highest BCUT2D eigenvalue weighted by molar-refractivity contribution is 5.79. The van der Waals surface area contributed by atoms with Crippen LogP contribution in [0.15, 0.2) is 5.16 Å². The lowest BCUT2D eigenvalue weighted by atomic mass is 10.2. The number of nitrogens with zero attached hydrogens (tertiary/aromatic N) is 2. The average molecular weight is 219 g/mol. The van der Waals surface area contributed by atoms with E-state index >= 15 is 0 Å². The number of hydrogen-bond donors (Lipinski definition) is 4. The molecule has 0 aromatic rings. The summed E-state index contributed by atoms with van der Waals surface area (Å²) in [6, 6.07) is 0. The molecule has 0 radical (unpaired) electrons. The molecular formula is C9H21N3O3. The lowest BCUT2D eigenvalue weighted by molar-refractivity contribution is 0.159. The van der Waals surface area contributed by atoms with Crippen LogP contribution >= 0.6 is 0 Å². The van der Waals surface area contributed by atoms with Gasteiger partial charge >= 0.3 is 0 Å². The summed E-state index contributed by atoms with van der Waals surface area (Å²) < 4.78 is 0. The first kappa shape index (κ1) is 14.2. The van der Waals surface area contributed by atoms with Crippen molar-refractivity contribution < 1.29 is 15.4 Å². The number of rotatable bonds is 9. The first-order valence-corrected chi connectivity index (χ1v) is 5.15. The maximum atomic E-state index is 8.75. The molecule has 0 fully saturated rings. The molecule has 6 heteroatoms. The van der Waals surface area contributed by atoms with Crippen molar-refractivity contribution >= 4 is 5.84 Å². The monoisotopic (exact) mass is 219 g/mol. The molecule has 0 aliphatic rings. The zero-order valence-corrected chi connectivity index (χ0v) is 8.97. The van der Waals surface area contributed by atoms with Crippen LogP contribution in [-0.2, 0) is 0 Å². The Kier molecular flexibility index (Phi) is 9.15. The summed E-state index contributed by atoms with van der Waals surface area (Å²) in [6.07, 6.45) is 2.31. The number of aliphatic hydroxyl groups is 2. The molecule has 0 aromatic heterocycles. The van der Waals surface area contributed by atoms with E-state index in [0.717, 1.165) is 19.4 Å². The van der Waals surface area contributed by atoms with E-state index in [4.69, 9.17) is 21.2 Å². The summed E-state index contributed by atoms with van der Waals surface area (Å²) in [5.74, 6) is 0.242. The fraction of sp³-hybridized carbons (Fsp3) is 0.889. The van der Waals surface area contributed by atoms with Crippen LogP contribution in [0.2, 0.25) is 0 Å². The predicted octanol–water partition coefficient (Wildman–Crippen LogP) is -0.810. The minimum atomic E-state index is 0.0975. The van der Waals surface area contributed by atoms with Gasteiger partial charge in [-0.25, -0.2) is 0 Å². The Hall–Kier alpha value is -0.850. The molecule has 0 atom stereocenters. The quantitative estimate of drug-likeness (QED) is 0.133. The van der Waals surface area contributed by atoms with Crippen molar-refractivity contribution in [3.63, 3.8) is 0 Å². The topological polar surface area (TPSA) is 102 Å². The van der Waals surface area contributed by atoms with E-state index in [1.807, 2.05) is 4.90 Å². The number of unbranched alkanes of at least 4 members (excludes halogenated alkanes) is 1. The molecule has 0 aliphatic carbocycles. The minimum absolute atomic E-state index is 0.0975. The average Bonchev–Trinajstić information content (AvgIpc) is 2.24. The highest BCUT2D eigenvalue weighted by atomic mass is 16.4. The van der Waals surface area contributed by atoms with Crippen LogP contribution in [0.1, 0.15) is 19.3 Å². The summed E-state index contributed by atoms with van der Waals surface area (Å²) in [4.78, 5) is 1.98. The second-order valence-corrected chi connectivity index (χ2v) is 3.34. The van der Waals surface area contributed by atoms with Gasteiger partial charge in [0.15, 0.2) is 0 Å². The van der Waals surface area contributed by atoms with Gasteiger partial charge in [-0.2, -0.15) is 0 Å². The largest absolute Gasteiger partial charge is 0.409 e. The van der Waals surface area contributed by atoms with Crippen molar-refractivity contribution in [2.45, 2.75) is 19.3 Å². The Morgan fingerprint density at radius 1 is 1.07 bits per heavy atom. The maximum Gasteiger partial charge on any atom is 0.139 e. The molecule has 0 saturated heterocycles. The molecule has 0 saturated carbocycles. The summed E-state index contributed by atoms with van der Waals surface area (Å²) in [5, 5.41) is 28.7. The van der Waals surface area contributed by atoms with E-state index in [2.05, 4.69) is 5.16 Å².